The van der Waals surface area contributed by atoms with Crippen molar-refractivity contribution in [2.45, 2.75) is 65.6 Å². The first-order valence-electron chi connectivity index (χ1n) is 8.15. The van der Waals surface area contributed by atoms with E-state index in [-0.39, 0.29) is 18.1 Å². The second-order valence-electron chi connectivity index (χ2n) is 6.44. The summed E-state index contributed by atoms with van der Waals surface area (Å²) in [6, 6.07) is 4.29. The summed E-state index contributed by atoms with van der Waals surface area (Å²) < 4.78 is 0. The van der Waals surface area contributed by atoms with Crippen LogP contribution in [0.25, 0.3) is 0 Å². The van der Waals surface area contributed by atoms with E-state index >= 15 is 0 Å². The van der Waals surface area contributed by atoms with E-state index in [0.29, 0.717) is 5.92 Å². The molecule has 2 rings (SSSR count). The predicted octanol–water partition coefficient (Wildman–Crippen LogP) is 4.09. The van der Waals surface area contributed by atoms with Crippen molar-refractivity contribution < 1.29 is 4.79 Å². The van der Waals surface area contributed by atoms with E-state index in [4.69, 9.17) is 0 Å². The van der Waals surface area contributed by atoms with Crippen molar-refractivity contribution in [3.63, 3.8) is 0 Å². The topological polar surface area (TPSA) is 32.3 Å². The van der Waals surface area contributed by atoms with Crippen molar-refractivity contribution in [2.75, 3.05) is 6.54 Å². The lowest BCUT2D eigenvalue weighted by Gasteiger charge is -2.23. The maximum absolute atomic E-state index is 12.7. The number of thiophene rings is 1. The summed E-state index contributed by atoms with van der Waals surface area (Å²) >= 11 is 1.79. The van der Waals surface area contributed by atoms with E-state index in [9.17, 15) is 4.79 Å². The third kappa shape index (κ3) is 4.07. The van der Waals surface area contributed by atoms with Crippen LogP contribution in [0.2, 0.25) is 0 Å². The molecule has 1 N–H and O–H groups in total. The van der Waals surface area contributed by atoms with Gasteiger partial charge in [-0.05, 0) is 37.8 Å². The number of amides is 1. The second kappa shape index (κ2) is 7.41. The molecule has 4 heteroatoms. The summed E-state index contributed by atoms with van der Waals surface area (Å²) in [5.41, 5.74) is 0. The number of carbonyl (C=O) groups excluding carboxylic acids is 1. The van der Waals surface area contributed by atoms with Crippen LogP contribution in [0.3, 0.4) is 0 Å². The Balaban J connectivity index is 2.12. The standard InChI is InChI=1S/C17H28N2OS/c1-5-6-7-10-19-16(15-9-8-13(4)21-15)18-14(17(19)20)11-12(2)3/h8-9,12,14,16,18H,5-7,10-11H2,1-4H3. The molecule has 0 aliphatic carbocycles. The van der Waals surface area contributed by atoms with E-state index in [1.54, 1.807) is 11.3 Å². The van der Waals surface area contributed by atoms with Gasteiger partial charge in [0.05, 0.1) is 6.04 Å². The van der Waals surface area contributed by atoms with Crippen molar-refractivity contribution in [1.29, 1.82) is 0 Å². The molecule has 0 bridgehead atoms. The van der Waals surface area contributed by atoms with Crippen molar-refractivity contribution in [2.24, 2.45) is 5.92 Å². The normalized spacial score (nSPS) is 22.5. The van der Waals surface area contributed by atoms with E-state index in [0.717, 1.165) is 19.4 Å². The number of rotatable bonds is 7. The Bertz CT molecular complexity index is 469. The highest BCUT2D eigenvalue weighted by Crippen LogP contribution is 2.32. The number of carbonyl (C=O) groups is 1. The highest BCUT2D eigenvalue weighted by molar-refractivity contribution is 7.12. The lowest BCUT2D eigenvalue weighted by molar-refractivity contribution is -0.130. The third-order valence-corrected chi connectivity index (χ3v) is 5.05. The largest absolute Gasteiger partial charge is 0.321 e. The Hall–Kier alpha value is -0.870. The number of hydrogen-bond acceptors (Lipinski definition) is 3. The fourth-order valence-electron chi connectivity index (χ4n) is 2.93. The highest BCUT2D eigenvalue weighted by Gasteiger charge is 2.39. The molecule has 1 aromatic rings. The van der Waals surface area contributed by atoms with Crippen molar-refractivity contribution in [3.8, 4) is 0 Å². The van der Waals surface area contributed by atoms with E-state index < -0.39 is 0 Å². The minimum absolute atomic E-state index is 0.0148. The summed E-state index contributed by atoms with van der Waals surface area (Å²) in [5.74, 6) is 0.823. The van der Waals surface area contributed by atoms with Crippen LogP contribution in [0.1, 0.15) is 62.4 Å². The van der Waals surface area contributed by atoms with Crippen molar-refractivity contribution in [1.82, 2.24) is 10.2 Å². The van der Waals surface area contributed by atoms with Gasteiger partial charge in [-0.2, -0.15) is 0 Å². The van der Waals surface area contributed by atoms with Gasteiger partial charge in [-0.25, -0.2) is 0 Å². The van der Waals surface area contributed by atoms with Crippen LogP contribution in [-0.2, 0) is 4.79 Å². The van der Waals surface area contributed by atoms with Gasteiger partial charge in [-0.3, -0.25) is 10.1 Å². The smallest absolute Gasteiger partial charge is 0.241 e. The number of unbranched alkanes of at least 4 members (excludes halogenated alkanes) is 2. The van der Waals surface area contributed by atoms with Crippen molar-refractivity contribution in [3.05, 3.63) is 21.9 Å². The monoisotopic (exact) mass is 308 g/mol. The molecule has 2 unspecified atom stereocenters. The molecule has 0 saturated carbocycles. The number of aryl methyl sites for hydroxylation is 1. The van der Waals surface area contributed by atoms with E-state index in [2.05, 4.69) is 50.0 Å². The van der Waals surface area contributed by atoms with Gasteiger partial charge in [-0.15, -0.1) is 11.3 Å². The Labute approximate surface area is 132 Å². The van der Waals surface area contributed by atoms with E-state index in [1.165, 1.54) is 22.6 Å². The molecule has 0 spiro atoms. The lowest BCUT2D eigenvalue weighted by Crippen LogP contribution is -2.32. The molecule has 3 nitrogen and oxygen atoms in total. The van der Waals surface area contributed by atoms with Gasteiger partial charge in [0.15, 0.2) is 0 Å². The van der Waals surface area contributed by atoms with Gasteiger partial charge >= 0.3 is 0 Å². The highest BCUT2D eigenvalue weighted by atomic mass is 32.1. The Morgan fingerprint density at radius 1 is 1.33 bits per heavy atom. The Morgan fingerprint density at radius 2 is 2.10 bits per heavy atom. The first kappa shape index (κ1) is 16.5. The zero-order valence-electron chi connectivity index (χ0n) is 13.7. The predicted molar refractivity (Wildman–Crippen MR) is 89.4 cm³/mol. The fourth-order valence-corrected chi connectivity index (χ4v) is 3.88. The van der Waals surface area contributed by atoms with Crippen LogP contribution in [-0.4, -0.2) is 23.4 Å². The van der Waals surface area contributed by atoms with Crippen molar-refractivity contribution >= 4 is 17.2 Å². The molecule has 118 valence electrons. The molecule has 1 aliphatic rings. The van der Waals surface area contributed by atoms with Crippen LogP contribution in [0, 0.1) is 12.8 Å². The molecule has 2 heterocycles. The third-order valence-electron chi connectivity index (χ3n) is 3.99. The summed E-state index contributed by atoms with van der Waals surface area (Å²) in [7, 11) is 0. The molecule has 1 saturated heterocycles. The van der Waals surface area contributed by atoms with Gasteiger partial charge in [0.1, 0.15) is 6.17 Å². The van der Waals surface area contributed by atoms with Crippen LogP contribution in [0.4, 0.5) is 0 Å². The maximum Gasteiger partial charge on any atom is 0.241 e. The van der Waals surface area contributed by atoms with Gasteiger partial charge in [-0.1, -0.05) is 33.6 Å². The second-order valence-corrected chi connectivity index (χ2v) is 7.76. The molecule has 0 aromatic carbocycles. The molecular weight excluding hydrogens is 280 g/mol. The van der Waals surface area contributed by atoms with E-state index in [1.807, 2.05) is 0 Å². The van der Waals surface area contributed by atoms with Gasteiger partial charge in [0.2, 0.25) is 5.91 Å². The first-order chi connectivity index (χ1) is 10.0. The average molecular weight is 308 g/mol. The Kier molecular flexibility index (Phi) is 5.82. The maximum atomic E-state index is 12.7. The van der Waals surface area contributed by atoms with Crippen LogP contribution >= 0.6 is 11.3 Å². The summed E-state index contributed by atoms with van der Waals surface area (Å²) in [5, 5.41) is 3.57. The zero-order chi connectivity index (χ0) is 15.4. The SMILES string of the molecule is CCCCCN1C(=O)C(CC(C)C)NC1c1ccc(C)s1. The van der Waals surface area contributed by atoms with Gasteiger partial charge in [0, 0.05) is 16.3 Å². The summed E-state index contributed by atoms with van der Waals surface area (Å²) in [6.07, 6.45) is 4.47. The fraction of sp³-hybridized carbons (Fsp3) is 0.706. The summed E-state index contributed by atoms with van der Waals surface area (Å²) in [4.78, 5) is 17.3. The minimum atomic E-state index is -0.0148. The molecule has 2 atom stereocenters. The molecule has 21 heavy (non-hydrogen) atoms. The van der Waals surface area contributed by atoms with Gasteiger partial charge in [0.25, 0.3) is 0 Å². The quantitative estimate of drug-likeness (QED) is 0.769. The summed E-state index contributed by atoms with van der Waals surface area (Å²) in [6.45, 7) is 9.55. The van der Waals surface area contributed by atoms with Crippen LogP contribution in [0.15, 0.2) is 12.1 Å². The molecule has 1 aromatic heterocycles. The molecule has 1 aliphatic heterocycles. The number of nitrogens with one attached hydrogen (secondary N) is 1. The van der Waals surface area contributed by atoms with Crippen LogP contribution in [0.5, 0.6) is 0 Å². The number of nitrogens with zero attached hydrogens (tertiary/aromatic N) is 1. The lowest BCUT2D eigenvalue weighted by atomic mass is 10.0. The first-order valence-corrected chi connectivity index (χ1v) is 8.97. The number of hydrogen-bond donors (Lipinski definition) is 1. The van der Waals surface area contributed by atoms with Gasteiger partial charge < -0.3 is 4.90 Å². The zero-order valence-corrected chi connectivity index (χ0v) is 14.5. The molecule has 1 amide bonds. The molecule has 0 radical (unpaired) electrons. The molecule has 1 fully saturated rings. The average Bonchev–Trinajstić information content (AvgIpc) is 2.96. The Morgan fingerprint density at radius 3 is 2.67 bits per heavy atom. The van der Waals surface area contributed by atoms with Crippen LogP contribution < -0.4 is 5.32 Å². The molecular formula is C17H28N2OS. The minimum Gasteiger partial charge on any atom is -0.321 e.